The van der Waals surface area contributed by atoms with Gasteiger partial charge in [0.25, 0.3) is 0 Å². The Kier molecular flexibility index (Phi) is 11.0. The van der Waals surface area contributed by atoms with E-state index in [0.29, 0.717) is 5.56 Å². The van der Waals surface area contributed by atoms with Crippen molar-refractivity contribution in [2.24, 2.45) is 0 Å². The van der Waals surface area contributed by atoms with Crippen LogP contribution in [0.15, 0.2) is 71.9 Å². The molecule has 3 rings (SSSR count). The summed E-state index contributed by atoms with van der Waals surface area (Å²) in [5, 5.41) is 0. The van der Waals surface area contributed by atoms with Gasteiger partial charge < -0.3 is 14.2 Å². The molecule has 0 aliphatic rings. The fourth-order valence-corrected chi connectivity index (χ4v) is 5.03. The molecule has 238 valence electrons. The number of pyridine rings is 2. The number of carbonyl (C=O) groups excluding carboxylic acids is 2. The van der Waals surface area contributed by atoms with Crippen molar-refractivity contribution in [1.82, 2.24) is 14.7 Å². The van der Waals surface area contributed by atoms with E-state index >= 15 is 0 Å². The highest BCUT2D eigenvalue weighted by molar-refractivity contribution is 7.89. The summed E-state index contributed by atoms with van der Waals surface area (Å²) in [7, 11) is -4.12. The number of ether oxygens (including phenoxy) is 3. The Hall–Kier alpha value is -4.17. The number of amides is 1. The van der Waals surface area contributed by atoms with E-state index < -0.39 is 52.5 Å². The van der Waals surface area contributed by atoms with E-state index in [0.717, 1.165) is 4.90 Å². The van der Waals surface area contributed by atoms with Crippen molar-refractivity contribution in [2.75, 3.05) is 11.4 Å². The largest absolute Gasteiger partial charge is 0.459 e. The summed E-state index contributed by atoms with van der Waals surface area (Å²) < 4.78 is 69.8. The van der Waals surface area contributed by atoms with Crippen LogP contribution in [0.1, 0.15) is 58.8 Å². The molecule has 0 saturated heterocycles. The first-order valence-electron chi connectivity index (χ1n) is 13.6. The van der Waals surface area contributed by atoms with Gasteiger partial charge in [0.15, 0.2) is 0 Å². The van der Waals surface area contributed by atoms with E-state index in [1.54, 1.807) is 53.7 Å². The number of anilines is 1. The number of esters is 1. The third-order valence-corrected chi connectivity index (χ3v) is 7.00. The highest BCUT2D eigenvalue weighted by atomic mass is 32.2. The first-order chi connectivity index (χ1) is 20.4. The van der Waals surface area contributed by atoms with Crippen LogP contribution < -0.4 is 14.4 Å². The Bertz CT molecular complexity index is 1530. The van der Waals surface area contributed by atoms with E-state index in [-0.39, 0.29) is 28.6 Å². The number of carbonyl (C=O) groups is 2. The topological polar surface area (TPSA) is 137 Å². The van der Waals surface area contributed by atoms with E-state index in [4.69, 9.17) is 9.47 Å². The molecule has 0 spiro atoms. The van der Waals surface area contributed by atoms with Gasteiger partial charge in [0.2, 0.25) is 10.0 Å². The zero-order valence-corrected chi connectivity index (χ0v) is 26.1. The lowest BCUT2D eigenvalue weighted by Crippen LogP contribution is -2.42. The molecular formula is C30H36F2N4O7S. The molecular weight excluding hydrogens is 598 g/mol. The van der Waals surface area contributed by atoms with Gasteiger partial charge in [-0.2, -0.15) is 8.78 Å². The first-order valence-corrected chi connectivity index (χ1v) is 15.1. The quantitative estimate of drug-likeness (QED) is 0.274. The normalized spacial score (nSPS) is 12.8. The Morgan fingerprint density at radius 1 is 0.932 bits per heavy atom. The maximum Gasteiger partial charge on any atom is 0.416 e. The van der Waals surface area contributed by atoms with Gasteiger partial charge in [0, 0.05) is 12.4 Å². The maximum absolute atomic E-state index is 13.3. The second kappa shape index (κ2) is 14.1. The predicted molar refractivity (Wildman–Crippen MR) is 158 cm³/mol. The average molecular weight is 635 g/mol. The van der Waals surface area contributed by atoms with Gasteiger partial charge in [0.05, 0.1) is 11.7 Å². The van der Waals surface area contributed by atoms with Crippen LogP contribution in [-0.2, 0) is 30.7 Å². The zero-order chi connectivity index (χ0) is 32.7. The molecule has 1 N–H and O–H groups in total. The standard InChI is InChI=1S/C30H36F2N4O7S/c1-29(2,3)42-26(37)19-36(28(38)43-30(4,5)6)25-11-7-10-23(34-25)24(35-44(39,40)22-9-8-16-33-18-22)17-20-12-14-21(15-13-20)41-27(31)32/h7-16,18,24,27,35H,17,19H2,1-6H3. The van der Waals surface area contributed by atoms with Crippen LogP contribution in [0.4, 0.5) is 19.4 Å². The maximum atomic E-state index is 13.3. The first kappa shape index (κ1) is 34.3. The second-order valence-corrected chi connectivity index (χ2v) is 13.4. The van der Waals surface area contributed by atoms with Crippen LogP contribution in [-0.4, -0.2) is 54.8 Å². The van der Waals surface area contributed by atoms with Gasteiger partial charge in [0.1, 0.15) is 34.2 Å². The summed E-state index contributed by atoms with van der Waals surface area (Å²) in [6.07, 6.45) is 1.78. The lowest BCUT2D eigenvalue weighted by atomic mass is 10.0. The number of aromatic nitrogens is 2. The zero-order valence-electron chi connectivity index (χ0n) is 25.3. The number of nitrogens with zero attached hydrogens (tertiary/aromatic N) is 3. The summed E-state index contributed by atoms with van der Waals surface area (Å²) in [5.74, 6) is -0.768. The highest BCUT2D eigenvalue weighted by Crippen LogP contribution is 2.25. The van der Waals surface area contributed by atoms with Crippen LogP contribution >= 0.6 is 0 Å². The summed E-state index contributed by atoms with van der Waals surface area (Å²) in [4.78, 5) is 35.3. The Morgan fingerprint density at radius 2 is 1.59 bits per heavy atom. The van der Waals surface area contributed by atoms with Gasteiger partial charge >= 0.3 is 18.7 Å². The molecule has 1 aromatic carbocycles. The minimum Gasteiger partial charge on any atom is -0.459 e. The third kappa shape index (κ3) is 10.8. The molecule has 1 amide bonds. The summed E-state index contributed by atoms with van der Waals surface area (Å²) in [6, 6.07) is 12.1. The molecule has 0 aliphatic carbocycles. The van der Waals surface area contributed by atoms with Crippen LogP contribution in [0, 0.1) is 0 Å². The lowest BCUT2D eigenvalue weighted by molar-refractivity contribution is -0.153. The van der Waals surface area contributed by atoms with E-state index in [1.165, 1.54) is 54.9 Å². The molecule has 1 unspecified atom stereocenters. The van der Waals surface area contributed by atoms with Crippen molar-refractivity contribution in [3.63, 3.8) is 0 Å². The fourth-order valence-electron chi connectivity index (χ4n) is 3.85. The molecule has 14 heteroatoms. The smallest absolute Gasteiger partial charge is 0.416 e. The van der Waals surface area contributed by atoms with Crippen molar-refractivity contribution in [3.05, 3.63) is 78.2 Å². The number of rotatable bonds is 11. The van der Waals surface area contributed by atoms with Crippen molar-refractivity contribution < 1.29 is 41.0 Å². The summed E-state index contributed by atoms with van der Waals surface area (Å²) in [6.45, 7) is 6.54. The molecule has 2 heterocycles. The van der Waals surface area contributed by atoms with Gasteiger partial charge in [-0.15, -0.1) is 0 Å². The average Bonchev–Trinajstić information content (AvgIpc) is 2.90. The lowest BCUT2D eigenvalue weighted by Gasteiger charge is -2.28. The van der Waals surface area contributed by atoms with Gasteiger partial charge in [-0.25, -0.2) is 22.9 Å². The van der Waals surface area contributed by atoms with E-state index in [1.807, 2.05) is 0 Å². The van der Waals surface area contributed by atoms with Crippen molar-refractivity contribution >= 4 is 27.9 Å². The molecule has 2 aromatic heterocycles. The summed E-state index contributed by atoms with van der Waals surface area (Å²) >= 11 is 0. The van der Waals surface area contributed by atoms with Gasteiger partial charge in [-0.1, -0.05) is 18.2 Å². The molecule has 0 radical (unpaired) electrons. The van der Waals surface area contributed by atoms with E-state index in [2.05, 4.69) is 19.4 Å². The van der Waals surface area contributed by atoms with Crippen LogP contribution in [0.2, 0.25) is 0 Å². The van der Waals surface area contributed by atoms with Gasteiger partial charge in [-0.05, 0) is 89.9 Å². The number of hydrogen-bond donors (Lipinski definition) is 1. The predicted octanol–water partition coefficient (Wildman–Crippen LogP) is 5.42. The molecule has 11 nitrogen and oxygen atoms in total. The number of benzene rings is 1. The SMILES string of the molecule is CC(C)(C)OC(=O)CN(C(=O)OC(C)(C)C)c1cccc(C(Cc2ccc(OC(F)F)cc2)NS(=O)(=O)c2cccnc2)n1. The molecule has 1 atom stereocenters. The molecule has 0 aliphatic heterocycles. The van der Waals surface area contributed by atoms with Crippen molar-refractivity contribution in [1.29, 1.82) is 0 Å². The number of nitrogens with one attached hydrogen (secondary N) is 1. The molecule has 0 bridgehead atoms. The van der Waals surface area contributed by atoms with Gasteiger partial charge in [-0.3, -0.25) is 14.7 Å². The minimum absolute atomic E-state index is 0.00821. The minimum atomic E-state index is -4.12. The highest BCUT2D eigenvalue weighted by Gasteiger charge is 2.30. The fraction of sp³-hybridized carbons (Fsp3) is 0.400. The number of alkyl halides is 2. The summed E-state index contributed by atoms with van der Waals surface area (Å²) in [5.41, 5.74) is -0.961. The number of hydrogen-bond acceptors (Lipinski definition) is 9. The monoisotopic (exact) mass is 634 g/mol. The van der Waals surface area contributed by atoms with Crippen molar-refractivity contribution in [3.8, 4) is 5.75 Å². The van der Waals surface area contributed by atoms with Crippen LogP contribution in [0.25, 0.3) is 0 Å². The van der Waals surface area contributed by atoms with Crippen molar-refractivity contribution in [2.45, 2.75) is 76.7 Å². The number of halogens is 2. The Balaban J connectivity index is 2.03. The number of sulfonamides is 1. The van der Waals surface area contributed by atoms with Crippen LogP contribution in [0.5, 0.6) is 5.75 Å². The Labute approximate surface area is 255 Å². The second-order valence-electron chi connectivity index (χ2n) is 11.7. The molecule has 44 heavy (non-hydrogen) atoms. The van der Waals surface area contributed by atoms with E-state index in [9.17, 15) is 26.8 Å². The third-order valence-electron chi connectivity index (χ3n) is 5.54. The van der Waals surface area contributed by atoms with Crippen LogP contribution in [0.3, 0.4) is 0 Å². The molecule has 3 aromatic rings. The molecule has 0 saturated carbocycles. The Morgan fingerprint density at radius 3 is 2.16 bits per heavy atom. The molecule has 0 fully saturated rings.